The van der Waals surface area contributed by atoms with Crippen molar-refractivity contribution in [2.45, 2.75) is 25.9 Å². The molecule has 1 N–H and O–H groups in total. The lowest BCUT2D eigenvalue weighted by Gasteiger charge is -2.35. The highest BCUT2D eigenvalue weighted by Gasteiger charge is 2.50. The van der Waals surface area contributed by atoms with Crippen LogP contribution in [0.15, 0.2) is 0 Å². The van der Waals surface area contributed by atoms with Crippen molar-refractivity contribution in [2.75, 3.05) is 13.1 Å². The average molecular weight is 167 g/mol. The van der Waals surface area contributed by atoms with Gasteiger partial charge in [-0.05, 0) is 26.3 Å². The molecule has 1 aliphatic rings. The van der Waals surface area contributed by atoms with Gasteiger partial charge in [-0.2, -0.15) is 13.2 Å². The number of rotatable bonds is 0. The molecule has 1 rings (SSSR count). The molecule has 1 saturated heterocycles. The third-order valence-corrected chi connectivity index (χ3v) is 2.28. The molecule has 0 amide bonds. The topological polar surface area (TPSA) is 12.0 Å². The summed E-state index contributed by atoms with van der Waals surface area (Å²) in [6, 6.07) is 0. The first-order valence-electron chi connectivity index (χ1n) is 3.73. The predicted molar refractivity (Wildman–Crippen MR) is 36.3 cm³/mol. The van der Waals surface area contributed by atoms with E-state index in [0.717, 1.165) is 0 Å². The summed E-state index contributed by atoms with van der Waals surface area (Å²) in [5.74, 6) is 0. The van der Waals surface area contributed by atoms with Gasteiger partial charge in [-0.1, -0.05) is 0 Å². The largest absolute Gasteiger partial charge is 0.395 e. The van der Waals surface area contributed by atoms with Gasteiger partial charge in [-0.15, -0.1) is 0 Å². The zero-order valence-corrected chi connectivity index (χ0v) is 6.46. The molecule has 1 aliphatic heterocycles. The van der Waals surface area contributed by atoms with E-state index < -0.39 is 11.6 Å². The van der Waals surface area contributed by atoms with E-state index >= 15 is 0 Å². The van der Waals surface area contributed by atoms with Gasteiger partial charge in [-0.3, -0.25) is 0 Å². The second-order valence-electron chi connectivity index (χ2n) is 3.34. The Morgan fingerprint density at radius 3 is 2.27 bits per heavy atom. The van der Waals surface area contributed by atoms with Crippen LogP contribution in [0.5, 0.6) is 0 Å². The molecule has 0 radical (unpaired) electrons. The second kappa shape index (κ2) is 2.66. The number of nitrogens with one attached hydrogen (secondary N) is 1. The monoisotopic (exact) mass is 167 g/mol. The first-order chi connectivity index (χ1) is 4.96. The first kappa shape index (κ1) is 8.84. The van der Waals surface area contributed by atoms with Gasteiger partial charge in [-0.25, -0.2) is 0 Å². The van der Waals surface area contributed by atoms with Crippen LogP contribution in [0.25, 0.3) is 0 Å². The summed E-state index contributed by atoms with van der Waals surface area (Å²) in [4.78, 5) is 0. The van der Waals surface area contributed by atoms with Gasteiger partial charge in [0, 0.05) is 6.54 Å². The zero-order chi connectivity index (χ0) is 8.54. The van der Waals surface area contributed by atoms with E-state index in [9.17, 15) is 13.2 Å². The fourth-order valence-corrected chi connectivity index (χ4v) is 1.30. The predicted octanol–water partition coefficient (Wildman–Crippen LogP) is 1.94. The quantitative estimate of drug-likeness (QED) is 0.581. The van der Waals surface area contributed by atoms with Crippen molar-refractivity contribution >= 4 is 0 Å². The molecule has 1 fully saturated rings. The van der Waals surface area contributed by atoms with Gasteiger partial charge in [0.2, 0.25) is 0 Å². The van der Waals surface area contributed by atoms with Crippen molar-refractivity contribution in [2.24, 2.45) is 5.41 Å². The van der Waals surface area contributed by atoms with Crippen molar-refractivity contribution in [1.82, 2.24) is 5.32 Å². The minimum Gasteiger partial charge on any atom is -0.316 e. The van der Waals surface area contributed by atoms with Gasteiger partial charge in [0.05, 0.1) is 5.41 Å². The number of piperidine rings is 1. The van der Waals surface area contributed by atoms with E-state index in [1.165, 1.54) is 6.92 Å². The summed E-state index contributed by atoms with van der Waals surface area (Å²) < 4.78 is 36.9. The molecule has 1 nitrogen and oxygen atoms in total. The highest BCUT2D eigenvalue weighted by Crippen LogP contribution is 2.42. The molecule has 1 unspecified atom stereocenters. The van der Waals surface area contributed by atoms with Crippen LogP contribution in [0, 0.1) is 5.41 Å². The average Bonchev–Trinajstić information content (AvgIpc) is 1.87. The molecule has 1 heterocycles. The third kappa shape index (κ3) is 1.67. The Morgan fingerprint density at radius 1 is 1.36 bits per heavy atom. The molecule has 0 aliphatic carbocycles. The summed E-state index contributed by atoms with van der Waals surface area (Å²) in [7, 11) is 0. The number of halogens is 3. The van der Waals surface area contributed by atoms with Crippen LogP contribution in [0.1, 0.15) is 19.8 Å². The molecular formula is C7H12F3N. The summed E-state index contributed by atoms with van der Waals surface area (Å²) in [5.41, 5.74) is -1.49. The van der Waals surface area contributed by atoms with Crippen LogP contribution in [-0.4, -0.2) is 19.3 Å². The molecule has 0 spiro atoms. The Bertz CT molecular complexity index is 135. The van der Waals surface area contributed by atoms with E-state index in [-0.39, 0.29) is 13.0 Å². The first-order valence-corrected chi connectivity index (χ1v) is 3.73. The van der Waals surface area contributed by atoms with Crippen LogP contribution in [0.4, 0.5) is 13.2 Å². The highest BCUT2D eigenvalue weighted by atomic mass is 19.4. The Kier molecular flexibility index (Phi) is 2.14. The standard InChI is InChI=1S/C7H12F3N/c1-6(7(8,9)10)3-2-4-11-5-6/h11H,2-5H2,1H3. The minimum absolute atomic E-state index is 0.0660. The highest BCUT2D eigenvalue weighted by molar-refractivity contribution is 4.87. The number of alkyl halides is 3. The van der Waals surface area contributed by atoms with Gasteiger partial charge in [0.1, 0.15) is 0 Å². The van der Waals surface area contributed by atoms with E-state index in [0.29, 0.717) is 13.0 Å². The lowest BCUT2D eigenvalue weighted by molar-refractivity contribution is -0.222. The van der Waals surface area contributed by atoms with Crippen LogP contribution in [0.3, 0.4) is 0 Å². The fourth-order valence-electron chi connectivity index (χ4n) is 1.30. The third-order valence-electron chi connectivity index (χ3n) is 2.28. The van der Waals surface area contributed by atoms with Crippen LogP contribution in [0.2, 0.25) is 0 Å². The SMILES string of the molecule is CC1(C(F)(F)F)CCCNC1. The smallest absolute Gasteiger partial charge is 0.316 e. The van der Waals surface area contributed by atoms with E-state index in [1.54, 1.807) is 0 Å². The van der Waals surface area contributed by atoms with Crippen LogP contribution < -0.4 is 5.32 Å². The lowest BCUT2D eigenvalue weighted by Crippen LogP contribution is -2.47. The number of hydrogen-bond donors (Lipinski definition) is 1. The fraction of sp³-hybridized carbons (Fsp3) is 1.00. The minimum atomic E-state index is -4.06. The molecule has 1 atom stereocenters. The lowest BCUT2D eigenvalue weighted by atomic mass is 9.82. The molecule has 66 valence electrons. The Morgan fingerprint density at radius 2 is 2.00 bits per heavy atom. The molecule has 0 bridgehead atoms. The zero-order valence-electron chi connectivity index (χ0n) is 6.46. The van der Waals surface area contributed by atoms with Gasteiger partial charge < -0.3 is 5.32 Å². The molecule has 0 aromatic heterocycles. The summed E-state index contributed by atoms with van der Waals surface area (Å²) in [6.45, 7) is 2.06. The molecule has 11 heavy (non-hydrogen) atoms. The maximum atomic E-state index is 12.3. The van der Waals surface area contributed by atoms with E-state index in [1.807, 2.05) is 0 Å². The van der Waals surface area contributed by atoms with Gasteiger partial charge in [0.15, 0.2) is 0 Å². The molecular weight excluding hydrogens is 155 g/mol. The summed E-state index contributed by atoms with van der Waals surface area (Å²) >= 11 is 0. The van der Waals surface area contributed by atoms with Crippen molar-refractivity contribution in [1.29, 1.82) is 0 Å². The van der Waals surface area contributed by atoms with Crippen LogP contribution in [-0.2, 0) is 0 Å². The van der Waals surface area contributed by atoms with Gasteiger partial charge in [0.25, 0.3) is 0 Å². The molecule has 0 saturated carbocycles. The van der Waals surface area contributed by atoms with Crippen molar-refractivity contribution in [3.05, 3.63) is 0 Å². The maximum Gasteiger partial charge on any atom is 0.395 e. The molecule has 4 heteroatoms. The Hall–Kier alpha value is -0.250. The Balaban J connectivity index is 2.64. The second-order valence-corrected chi connectivity index (χ2v) is 3.34. The molecule has 0 aromatic carbocycles. The summed E-state index contributed by atoms with van der Waals surface area (Å²) in [5, 5.41) is 2.76. The van der Waals surface area contributed by atoms with Crippen molar-refractivity contribution in [3.63, 3.8) is 0 Å². The van der Waals surface area contributed by atoms with Gasteiger partial charge >= 0.3 is 6.18 Å². The van der Waals surface area contributed by atoms with Crippen LogP contribution >= 0.6 is 0 Å². The molecule has 0 aromatic rings. The Labute approximate surface area is 64.0 Å². The van der Waals surface area contributed by atoms with E-state index in [4.69, 9.17) is 0 Å². The maximum absolute atomic E-state index is 12.3. The van der Waals surface area contributed by atoms with Crippen molar-refractivity contribution < 1.29 is 13.2 Å². The summed E-state index contributed by atoms with van der Waals surface area (Å²) in [6.07, 6.45) is -3.18. The van der Waals surface area contributed by atoms with Crippen molar-refractivity contribution in [3.8, 4) is 0 Å². The normalized spacial score (nSPS) is 33.8. The van der Waals surface area contributed by atoms with E-state index in [2.05, 4.69) is 5.32 Å². The number of hydrogen-bond acceptors (Lipinski definition) is 1.